The molecule has 0 aliphatic heterocycles. The van der Waals surface area contributed by atoms with Crippen LogP contribution in [-0.4, -0.2) is 6.09 Å². The van der Waals surface area contributed by atoms with E-state index in [2.05, 4.69) is 46.4 Å². The molecule has 0 aromatic heterocycles. The number of hydrogen-bond donors (Lipinski definition) is 1. The van der Waals surface area contributed by atoms with E-state index >= 15 is 0 Å². The van der Waals surface area contributed by atoms with Gasteiger partial charge in [-0.15, -0.1) is 0 Å². The van der Waals surface area contributed by atoms with Crippen LogP contribution < -0.4 is 5.32 Å². The van der Waals surface area contributed by atoms with Crippen molar-refractivity contribution in [1.82, 2.24) is 5.32 Å². The third-order valence-corrected chi connectivity index (χ3v) is 5.86. The van der Waals surface area contributed by atoms with Crippen LogP contribution in [0.1, 0.15) is 48.8 Å². The standard InChI is InChI=1S/C21H24BrNO2/c1-16-14-18(10-11-19(16)22)21(12-6-3-7-13-21)23-20(24)25-15-17-8-4-2-5-9-17/h2,4-5,8-11,14H,3,6-7,12-13,15H2,1H3,(H,23,24). The minimum absolute atomic E-state index is 0.294. The van der Waals surface area contributed by atoms with Crippen molar-refractivity contribution in [3.05, 3.63) is 69.7 Å². The van der Waals surface area contributed by atoms with E-state index in [4.69, 9.17) is 4.74 Å². The van der Waals surface area contributed by atoms with Gasteiger partial charge in [-0.05, 0) is 42.5 Å². The predicted octanol–water partition coefficient (Wildman–Crippen LogP) is 5.84. The summed E-state index contributed by atoms with van der Waals surface area (Å²) >= 11 is 3.56. The van der Waals surface area contributed by atoms with Gasteiger partial charge in [0.2, 0.25) is 0 Å². The number of amides is 1. The molecule has 2 aromatic carbocycles. The van der Waals surface area contributed by atoms with Gasteiger partial charge in [0, 0.05) is 4.47 Å². The number of rotatable bonds is 4. The van der Waals surface area contributed by atoms with Crippen LogP contribution in [-0.2, 0) is 16.9 Å². The van der Waals surface area contributed by atoms with E-state index in [0.29, 0.717) is 6.61 Å². The number of carbonyl (C=O) groups is 1. The Bertz CT molecular complexity index is 724. The van der Waals surface area contributed by atoms with Crippen LogP contribution in [0.15, 0.2) is 53.0 Å². The highest BCUT2D eigenvalue weighted by Crippen LogP contribution is 2.38. The van der Waals surface area contributed by atoms with Gasteiger partial charge in [0.15, 0.2) is 0 Å². The molecule has 0 heterocycles. The predicted molar refractivity (Wildman–Crippen MR) is 103 cm³/mol. The molecule has 1 N–H and O–H groups in total. The molecule has 132 valence electrons. The van der Waals surface area contributed by atoms with E-state index in [-0.39, 0.29) is 11.6 Å². The fraction of sp³-hybridized carbons (Fsp3) is 0.381. The lowest BCUT2D eigenvalue weighted by atomic mass is 9.76. The smallest absolute Gasteiger partial charge is 0.408 e. The first-order valence-corrected chi connectivity index (χ1v) is 9.64. The second kappa shape index (κ2) is 8.05. The maximum absolute atomic E-state index is 12.5. The number of aryl methyl sites for hydroxylation is 1. The largest absolute Gasteiger partial charge is 0.445 e. The first-order valence-electron chi connectivity index (χ1n) is 8.85. The Morgan fingerprint density at radius 3 is 2.52 bits per heavy atom. The van der Waals surface area contributed by atoms with Crippen LogP contribution >= 0.6 is 15.9 Å². The van der Waals surface area contributed by atoms with Crippen molar-refractivity contribution in [1.29, 1.82) is 0 Å². The van der Waals surface area contributed by atoms with E-state index < -0.39 is 0 Å². The minimum atomic E-state index is -0.341. The Hall–Kier alpha value is -1.81. The average molecular weight is 402 g/mol. The van der Waals surface area contributed by atoms with E-state index in [0.717, 1.165) is 35.7 Å². The molecular formula is C21H24BrNO2. The molecule has 1 aliphatic carbocycles. The van der Waals surface area contributed by atoms with Gasteiger partial charge in [-0.1, -0.05) is 77.7 Å². The van der Waals surface area contributed by atoms with Gasteiger partial charge >= 0.3 is 6.09 Å². The lowest BCUT2D eigenvalue weighted by Gasteiger charge is -2.38. The lowest BCUT2D eigenvalue weighted by Crippen LogP contribution is -2.47. The molecule has 1 saturated carbocycles. The molecule has 0 bridgehead atoms. The van der Waals surface area contributed by atoms with E-state index in [1.807, 2.05) is 30.3 Å². The molecular weight excluding hydrogens is 378 g/mol. The number of alkyl carbamates (subject to hydrolysis) is 1. The minimum Gasteiger partial charge on any atom is -0.445 e. The summed E-state index contributed by atoms with van der Waals surface area (Å²) in [6.07, 6.45) is 5.02. The van der Waals surface area contributed by atoms with Crippen LogP contribution in [0.2, 0.25) is 0 Å². The van der Waals surface area contributed by atoms with Crippen molar-refractivity contribution in [2.45, 2.75) is 51.2 Å². The number of benzene rings is 2. The van der Waals surface area contributed by atoms with Crippen molar-refractivity contribution in [2.75, 3.05) is 0 Å². The summed E-state index contributed by atoms with van der Waals surface area (Å²) in [7, 11) is 0. The third kappa shape index (κ3) is 4.43. The summed E-state index contributed by atoms with van der Waals surface area (Å²) < 4.78 is 6.56. The molecule has 3 rings (SSSR count). The fourth-order valence-corrected chi connectivity index (χ4v) is 3.78. The molecule has 0 spiro atoms. The van der Waals surface area contributed by atoms with Gasteiger partial charge in [0.1, 0.15) is 6.61 Å². The van der Waals surface area contributed by atoms with E-state index in [1.165, 1.54) is 17.5 Å². The van der Waals surface area contributed by atoms with Crippen molar-refractivity contribution in [3.8, 4) is 0 Å². The quantitative estimate of drug-likeness (QED) is 0.698. The van der Waals surface area contributed by atoms with Gasteiger partial charge in [-0.2, -0.15) is 0 Å². The SMILES string of the molecule is Cc1cc(C2(NC(=O)OCc3ccccc3)CCCCC2)ccc1Br. The van der Waals surface area contributed by atoms with Gasteiger partial charge in [0.25, 0.3) is 0 Å². The maximum atomic E-state index is 12.5. The summed E-state index contributed by atoms with van der Waals surface area (Å²) in [6.45, 7) is 2.37. The molecule has 0 saturated heterocycles. The highest BCUT2D eigenvalue weighted by Gasteiger charge is 2.36. The third-order valence-electron chi connectivity index (χ3n) is 4.97. The van der Waals surface area contributed by atoms with Crippen LogP contribution in [0.5, 0.6) is 0 Å². The van der Waals surface area contributed by atoms with Crippen molar-refractivity contribution in [2.24, 2.45) is 0 Å². The second-order valence-electron chi connectivity index (χ2n) is 6.79. The number of hydrogen-bond acceptors (Lipinski definition) is 2. The monoisotopic (exact) mass is 401 g/mol. The number of ether oxygens (including phenoxy) is 1. The summed E-state index contributed by atoms with van der Waals surface area (Å²) in [6, 6.07) is 16.1. The zero-order chi connectivity index (χ0) is 17.7. The zero-order valence-electron chi connectivity index (χ0n) is 14.6. The molecule has 1 aliphatic rings. The average Bonchev–Trinajstić information content (AvgIpc) is 2.64. The summed E-state index contributed by atoms with van der Waals surface area (Å²) in [5.41, 5.74) is 3.03. The number of nitrogens with one attached hydrogen (secondary N) is 1. The second-order valence-corrected chi connectivity index (χ2v) is 7.65. The Balaban J connectivity index is 1.74. The van der Waals surface area contributed by atoms with Gasteiger partial charge in [-0.25, -0.2) is 4.79 Å². The van der Waals surface area contributed by atoms with Crippen LogP contribution in [0.25, 0.3) is 0 Å². The molecule has 25 heavy (non-hydrogen) atoms. The Labute approximate surface area is 157 Å². The van der Waals surface area contributed by atoms with Crippen LogP contribution in [0, 0.1) is 6.92 Å². The first-order chi connectivity index (χ1) is 12.1. The molecule has 4 heteroatoms. The maximum Gasteiger partial charge on any atom is 0.408 e. The Kier molecular flexibility index (Phi) is 5.79. The normalized spacial score (nSPS) is 16.2. The highest BCUT2D eigenvalue weighted by atomic mass is 79.9. The topological polar surface area (TPSA) is 38.3 Å². The number of halogens is 1. The molecule has 2 aromatic rings. The molecule has 1 amide bonds. The molecule has 1 fully saturated rings. The summed E-state index contributed by atoms with van der Waals surface area (Å²) in [4.78, 5) is 12.5. The zero-order valence-corrected chi connectivity index (χ0v) is 16.1. The van der Waals surface area contributed by atoms with Gasteiger partial charge < -0.3 is 10.1 Å². The Morgan fingerprint density at radius 1 is 1.12 bits per heavy atom. The Morgan fingerprint density at radius 2 is 1.84 bits per heavy atom. The van der Waals surface area contributed by atoms with E-state index in [1.54, 1.807) is 0 Å². The van der Waals surface area contributed by atoms with Crippen molar-refractivity contribution in [3.63, 3.8) is 0 Å². The number of carbonyl (C=O) groups excluding carboxylic acids is 1. The molecule has 3 nitrogen and oxygen atoms in total. The highest BCUT2D eigenvalue weighted by molar-refractivity contribution is 9.10. The van der Waals surface area contributed by atoms with Crippen LogP contribution in [0.3, 0.4) is 0 Å². The summed E-state index contributed by atoms with van der Waals surface area (Å²) in [5, 5.41) is 3.19. The molecule has 0 unspecified atom stereocenters. The van der Waals surface area contributed by atoms with E-state index in [9.17, 15) is 4.79 Å². The van der Waals surface area contributed by atoms with Gasteiger partial charge in [0.05, 0.1) is 5.54 Å². The van der Waals surface area contributed by atoms with Crippen molar-refractivity contribution >= 4 is 22.0 Å². The molecule has 0 radical (unpaired) electrons. The van der Waals surface area contributed by atoms with Crippen molar-refractivity contribution < 1.29 is 9.53 Å². The fourth-order valence-electron chi connectivity index (χ4n) is 3.54. The molecule has 0 atom stereocenters. The summed E-state index contributed by atoms with van der Waals surface area (Å²) in [5.74, 6) is 0. The lowest BCUT2D eigenvalue weighted by molar-refractivity contribution is 0.117. The van der Waals surface area contributed by atoms with Gasteiger partial charge in [-0.3, -0.25) is 0 Å². The first kappa shape index (κ1) is 18.0. The van der Waals surface area contributed by atoms with Crippen LogP contribution in [0.4, 0.5) is 4.79 Å².